The summed E-state index contributed by atoms with van der Waals surface area (Å²) in [5.41, 5.74) is 1.33. The smallest absolute Gasteiger partial charge is 0.120 e. The first-order valence-corrected chi connectivity index (χ1v) is 7.66. The normalized spacial score (nSPS) is 25.0. The standard InChI is InChI=1S/C17H27NO/c1-4-17(18-3)14-6-5-7-16(12-14)19-15-10-8-13(2)9-11-15/h5-7,12-13,15,17-18H,4,8-11H2,1-3H3. The van der Waals surface area contributed by atoms with E-state index in [2.05, 4.69) is 43.4 Å². The van der Waals surface area contributed by atoms with Gasteiger partial charge < -0.3 is 10.1 Å². The van der Waals surface area contributed by atoms with Gasteiger partial charge in [0.2, 0.25) is 0 Å². The predicted octanol–water partition coefficient (Wildman–Crippen LogP) is 4.31. The lowest BCUT2D eigenvalue weighted by atomic mass is 9.89. The third kappa shape index (κ3) is 3.97. The Kier molecular flexibility index (Phi) is 5.26. The molecule has 0 aliphatic heterocycles. The van der Waals surface area contributed by atoms with Crippen LogP contribution in [0.25, 0.3) is 0 Å². The molecule has 2 rings (SSSR count). The van der Waals surface area contributed by atoms with Crippen molar-refractivity contribution in [2.75, 3.05) is 7.05 Å². The van der Waals surface area contributed by atoms with E-state index >= 15 is 0 Å². The van der Waals surface area contributed by atoms with E-state index in [1.807, 2.05) is 7.05 Å². The van der Waals surface area contributed by atoms with E-state index in [9.17, 15) is 0 Å². The highest BCUT2D eigenvalue weighted by Crippen LogP contribution is 2.28. The summed E-state index contributed by atoms with van der Waals surface area (Å²) in [6, 6.07) is 9.00. The Morgan fingerprint density at radius 1 is 1.26 bits per heavy atom. The van der Waals surface area contributed by atoms with E-state index in [1.54, 1.807) is 0 Å². The first-order chi connectivity index (χ1) is 9.22. The van der Waals surface area contributed by atoms with E-state index in [4.69, 9.17) is 4.74 Å². The van der Waals surface area contributed by atoms with Gasteiger partial charge in [0.15, 0.2) is 0 Å². The second-order valence-electron chi connectivity index (χ2n) is 5.82. The van der Waals surface area contributed by atoms with E-state index in [0.29, 0.717) is 12.1 Å². The van der Waals surface area contributed by atoms with Crippen LogP contribution in [0.15, 0.2) is 24.3 Å². The molecule has 1 N–H and O–H groups in total. The van der Waals surface area contributed by atoms with Gasteiger partial charge in [0.05, 0.1) is 6.10 Å². The summed E-state index contributed by atoms with van der Waals surface area (Å²) >= 11 is 0. The third-order valence-electron chi connectivity index (χ3n) is 4.28. The number of hydrogen-bond acceptors (Lipinski definition) is 2. The van der Waals surface area contributed by atoms with Gasteiger partial charge in [0.25, 0.3) is 0 Å². The zero-order chi connectivity index (χ0) is 13.7. The average molecular weight is 261 g/mol. The van der Waals surface area contributed by atoms with Crippen LogP contribution in [0, 0.1) is 5.92 Å². The fourth-order valence-electron chi connectivity index (χ4n) is 2.95. The molecule has 2 nitrogen and oxygen atoms in total. The molecule has 0 saturated heterocycles. The average Bonchev–Trinajstić information content (AvgIpc) is 2.43. The Hall–Kier alpha value is -1.02. The monoisotopic (exact) mass is 261 g/mol. The maximum absolute atomic E-state index is 6.16. The van der Waals surface area contributed by atoms with Crippen molar-refractivity contribution >= 4 is 0 Å². The largest absolute Gasteiger partial charge is 0.490 e. The second kappa shape index (κ2) is 6.95. The lowest BCUT2D eigenvalue weighted by Crippen LogP contribution is -2.23. The molecule has 1 atom stereocenters. The van der Waals surface area contributed by atoms with Gasteiger partial charge in [0, 0.05) is 6.04 Å². The molecule has 1 aromatic rings. The van der Waals surface area contributed by atoms with Crippen molar-refractivity contribution < 1.29 is 4.74 Å². The van der Waals surface area contributed by atoms with Crippen LogP contribution in [-0.4, -0.2) is 13.2 Å². The number of nitrogens with one attached hydrogen (secondary N) is 1. The van der Waals surface area contributed by atoms with E-state index in [0.717, 1.165) is 18.1 Å². The zero-order valence-electron chi connectivity index (χ0n) is 12.5. The number of benzene rings is 1. The van der Waals surface area contributed by atoms with Crippen molar-refractivity contribution in [3.05, 3.63) is 29.8 Å². The molecule has 0 aromatic heterocycles. The van der Waals surface area contributed by atoms with Crippen LogP contribution < -0.4 is 10.1 Å². The summed E-state index contributed by atoms with van der Waals surface area (Å²) < 4.78 is 6.16. The molecule has 0 amide bonds. The van der Waals surface area contributed by atoms with Gasteiger partial charge in [-0.1, -0.05) is 26.0 Å². The number of hydrogen-bond donors (Lipinski definition) is 1. The van der Waals surface area contributed by atoms with Crippen molar-refractivity contribution in [1.82, 2.24) is 5.32 Å². The van der Waals surface area contributed by atoms with Crippen LogP contribution in [0.2, 0.25) is 0 Å². The molecule has 0 heterocycles. The maximum Gasteiger partial charge on any atom is 0.120 e. The molecule has 1 saturated carbocycles. The molecular formula is C17H27NO. The summed E-state index contributed by atoms with van der Waals surface area (Å²) in [6.07, 6.45) is 6.53. The molecule has 0 bridgehead atoms. The van der Waals surface area contributed by atoms with Crippen molar-refractivity contribution in [3.63, 3.8) is 0 Å². The maximum atomic E-state index is 6.16. The first kappa shape index (κ1) is 14.4. The summed E-state index contributed by atoms with van der Waals surface area (Å²) in [5, 5.41) is 3.35. The lowest BCUT2D eigenvalue weighted by molar-refractivity contribution is 0.135. The summed E-state index contributed by atoms with van der Waals surface area (Å²) in [6.45, 7) is 4.55. The highest BCUT2D eigenvalue weighted by Gasteiger charge is 2.19. The van der Waals surface area contributed by atoms with Crippen molar-refractivity contribution in [3.8, 4) is 5.75 Å². The summed E-state index contributed by atoms with van der Waals surface area (Å²) in [4.78, 5) is 0. The quantitative estimate of drug-likeness (QED) is 0.852. The predicted molar refractivity (Wildman–Crippen MR) is 80.6 cm³/mol. The van der Waals surface area contributed by atoms with E-state index < -0.39 is 0 Å². The van der Waals surface area contributed by atoms with Gasteiger partial charge in [0.1, 0.15) is 5.75 Å². The first-order valence-electron chi connectivity index (χ1n) is 7.66. The highest BCUT2D eigenvalue weighted by molar-refractivity contribution is 5.30. The lowest BCUT2D eigenvalue weighted by Gasteiger charge is -2.27. The van der Waals surface area contributed by atoms with Crippen LogP contribution >= 0.6 is 0 Å². The van der Waals surface area contributed by atoms with E-state index in [1.165, 1.54) is 31.2 Å². The minimum Gasteiger partial charge on any atom is -0.490 e. The molecule has 2 heteroatoms. The fraction of sp³-hybridized carbons (Fsp3) is 0.647. The van der Waals surface area contributed by atoms with Crippen LogP contribution in [0.4, 0.5) is 0 Å². The molecule has 19 heavy (non-hydrogen) atoms. The van der Waals surface area contributed by atoms with Crippen molar-refractivity contribution in [2.24, 2.45) is 5.92 Å². The Bertz CT molecular complexity index is 379. The molecule has 0 spiro atoms. The molecule has 106 valence electrons. The Balaban J connectivity index is 1.98. The van der Waals surface area contributed by atoms with Crippen LogP contribution in [-0.2, 0) is 0 Å². The molecule has 1 aromatic carbocycles. The Labute approximate surface area is 117 Å². The summed E-state index contributed by atoms with van der Waals surface area (Å²) in [7, 11) is 2.02. The number of ether oxygens (including phenoxy) is 1. The molecule has 0 radical (unpaired) electrons. The van der Waals surface area contributed by atoms with E-state index in [-0.39, 0.29) is 0 Å². The second-order valence-corrected chi connectivity index (χ2v) is 5.82. The van der Waals surface area contributed by atoms with Crippen molar-refractivity contribution in [2.45, 2.75) is 58.1 Å². The zero-order valence-corrected chi connectivity index (χ0v) is 12.5. The number of rotatable bonds is 5. The third-order valence-corrected chi connectivity index (χ3v) is 4.28. The highest BCUT2D eigenvalue weighted by atomic mass is 16.5. The van der Waals surface area contributed by atoms with Gasteiger partial charge in [-0.2, -0.15) is 0 Å². The van der Waals surface area contributed by atoms with Gasteiger partial charge in [-0.15, -0.1) is 0 Å². The van der Waals surface area contributed by atoms with Gasteiger partial charge in [-0.3, -0.25) is 0 Å². The van der Waals surface area contributed by atoms with Crippen LogP contribution in [0.3, 0.4) is 0 Å². The topological polar surface area (TPSA) is 21.3 Å². The fourth-order valence-corrected chi connectivity index (χ4v) is 2.95. The molecule has 1 unspecified atom stereocenters. The van der Waals surface area contributed by atoms with Gasteiger partial charge in [-0.25, -0.2) is 0 Å². The SMILES string of the molecule is CCC(NC)c1cccc(OC2CCC(C)CC2)c1. The molecule has 1 fully saturated rings. The molecule has 1 aliphatic rings. The van der Waals surface area contributed by atoms with Gasteiger partial charge in [-0.05, 0) is 62.8 Å². The van der Waals surface area contributed by atoms with Crippen LogP contribution in [0.1, 0.15) is 57.6 Å². The molecule has 1 aliphatic carbocycles. The Morgan fingerprint density at radius 2 is 2.00 bits per heavy atom. The summed E-state index contributed by atoms with van der Waals surface area (Å²) in [5.74, 6) is 1.91. The minimum atomic E-state index is 0.418. The molecular weight excluding hydrogens is 234 g/mol. The Morgan fingerprint density at radius 3 is 2.63 bits per heavy atom. The van der Waals surface area contributed by atoms with Crippen LogP contribution in [0.5, 0.6) is 5.75 Å². The minimum absolute atomic E-state index is 0.418. The van der Waals surface area contributed by atoms with Gasteiger partial charge >= 0.3 is 0 Å². The van der Waals surface area contributed by atoms with Crippen molar-refractivity contribution in [1.29, 1.82) is 0 Å².